The molecule has 0 radical (unpaired) electrons. The van der Waals surface area contributed by atoms with Gasteiger partial charge in [0, 0.05) is 38.1 Å². The second-order valence-corrected chi connectivity index (χ2v) is 7.70. The van der Waals surface area contributed by atoms with E-state index in [4.69, 9.17) is 9.47 Å². The van der Waals surface area contributed by atoms with Gasteiger partial charge in [0.15, 0.2) is 0 Å². The fourth-order valence-electron chi connectivity index (χ4n) is 3.21. The van der Waals surface area contributed by atoms with Crippen molar-refractivity contribution in [3.8, 4) is 10.4 Å². The Kier molecular flexibility index (Phi) is 7.19. The Hall–Kier alpha value is -2.22. The molecular formula is C21H26N2O4S. The van der Waals surface area contributed by atoms with E-state index in [-0.39, 0.29) is 11.8 Å². The molecule has 1 aliphatic heterocycles. The number of amides is 2. The number of nitrogens with zero attached hydrogens (tertiary/aromatic N) is 1. The van der Waals surface area contributed by atoms with Gasteiger partial charge in [0.1, 0.15) is 5.00 Å². The molecule has 2 heterocycles. The van der Waals surface area contributed by atoms with Crippen molar-refractivity contribution in [1.82, 2.24) is 4.90 Å². The number of benzene rings is 1. The predicted molar refractivity (Wildman–Crippen MR) is 111 cm³/mol. The van der Waals surface area contributed by atoms with Crippen molar-refractivity contribution in [3.63, 3.8) is 0 Å². The number of anilines is 1. The number of hydrogen-bond acceptors (Lipinski definition) is 5. The number of nitrogens with one attached hydrogen (secondary N) is 1. The SMILES string of the molecule is COCCCC(=O)Nc1sc(-c2ccccc2)c(C)c1C(=O)N1CCOCC1. The molecule has 1 saturated heterocycles. The van der Waals surface area contributed by atoms with E-state index in [0.29, 0.717) is 56.3 Å². The first kappa shape index (κ1) is 20.5. The van der Waals surface area contributed by atoms with Crippen molar-refractivity contribution in [2.75, 3.05) is 45.3 Å². The van der Waals surface area contributed by atoms with Gasteiger partial charge in [-0.1, -0.05) is 30.3 Å². The molecule has 1 aromatic carbocycles. The lowest BCUT2D eigenvalue weighted by molar-refractivity contribution is -0.116. The molecule has 0 atom stereocenters. The largest absolute Gasteiger partial charge is 0.385 e. The summed E-state index contributed by atoms with van der Waals surface area (Å²) in [6.45, 7) is 4.70. The number of hydrogen-bond donors (Lipinski definition) is 1. The molecule has 1 aliphatic rings. The molecule has 6 nitrogen and oxygen atoms in total. The number of methoxy groups -OCH3 is 1. The molecule has 7 heteroatoms. The number of morpholine rings is 1. The zero-order chi connectivity index (χ0) is 19.9. The van der Waals surface area contributed by atoms with Crippen LogP contribution in [-0.4, -0.2) is 56.7 Å². The first-order chi connectivity index (χ1) is 13.6. The van der Waals surface area contributed by atoms with Crippen molar-refractivity contribution in [1.29, 1.82) is 0 Å². The van der Waals surface area contributed by atoms with E-state index >= 15 is 0 Å². The average Bonchev–Trinajstić information content (AvgIpc) is 3.04. The minimum Gasteiger partial charge on any atom is -0.385 e. The average molecular weight is 403 g/mol. The highest BCUT2D eigenvalue weighted by Gasteiger charge is 2.27. The first-order valence-corrected chi connectivity index (χ1v) is 10.3. The topological polar surface area (TPSA) is 67.9 Å². The molecule has 0 saturated carbocycles. The van der Waals surface area contributed by atoms with Gasteiger partial charge < -0.3 is 19.7 Å². The van der Waals surface area contributed by atoms with Crippen molar-refractivity contribution in [2.24, 2.45) is 0 Å². The minimum absolute atomic E-state index is 0.0496. The maximum atomic E-state index is 13.2. The molecule has 1 fully saturated rings. The van der Waals surface area contributed by atoms with Gasteiger partial charge in [-0.25, -0.2) is 0 Å². The van der Waals surface area contributed by atoms with Gasteiger partial charge in [-0.05, 0) is 24.5 Å². The Morgan fingerprint density at radius 1 is 1.21 bits per heavy atom. The molecule has 2 amide bonds. The first-order valence-electron chi connectivity index (χ1n) is 9.46. The molecule has 1 N–H and O–H groups in total. The van der Waals surface area contributed by atoms with E-state index < -0.39 is 0 Å². The summed E-state index contributed by atoms with van der Waals surface area (Å²) in [5.74, 6) is -0.152. The summed E-state index contributed by atoms with van der Waals surface area (Å²) < 4.78 is 10.4. The highest BCUT2D eigenvalue weighted by Crippen LogP contribution is 2.40. The molecule has 0 spiro atoms. The van der Waals surface area contributed by atoms with Crippen molar-refractivity contribution in [3.05, 3.63) is 41.5 Å². The van der Waals surface area contributed by atoms with Crippen LogP contribution in [0.15, 0.2) is 30.3 Å². The van der Waals surface area contributed by atoms with Gasteiger partial charge in [0.05, 0.1) is 18.8 Å². The third-order valence-corrected chi connectivity index (χ3v) is 5.96. The number of carbonyl (C=O) groups excluding carboxylic acids is 2. The van der Waals surface area contributed by atoms with Gasteiger partial charge in [0.2, 0.25) is 5.91 Å². The summed E-state index contributed by atoms with van der Waals surface area (Å²) in [6.07, 6.45) is 1.00. The smallest absolute Gasteiger partial charge is 0.257 e. The van der Waals surface area contributed by atoms with Gasteiger partial charge in [-0.15, -0.1) is 11.3 Å². The number of carbonyl (C=O) groups is 2. The molecule has 1 aromatic heterocycles. The molecule has 0 aliphatic carbocycles. The van der Waals surface area contributed by atoms with Crippen molar-refractivity contribution >= 4 is 28.2 Å². The standard InChI is InChI=1S/C21H26N2O4S/c1-15-18(21(25)23-10-13-27-14-11-23)20(22-17(24)9-6-12-26-2)28-19(15)16-7-4-3-5-8-16/h3-5,7-8H,6,9-14H2,1-2H3,(H,22,24). The molecule has 2 aromatic rings. The van der Waals surface area contributed by atoms with Crippen molar-refractivity contribution in [2.45, 2.75) is 19.8 Å². The van der Waals surface area contributed by atoms with E-state index in [1.54, 1.807) is 12.0 Å². The van der Waals surface area contributed by atoms with E-state index in [1.807, 2.05) is 37.3 Å². The third-order valence-electron chi connectivity index (χ3n) is 4.70. The minimum atomic E-state index is -0.103. The predicted octanol–water partition coefficient (Wildman–Crippen LogP) is 3.56. The highest BCUT2D eigenvalue weighted by molar-refractivity contribution is 7.20. The number of thiophene rings is 1. The Bertz CT molecular complexity index is 813. The molecular weight excluding hydrogens is 376 g/mol. The molecule has 0 unspecified atom stereocenters. The second-order valence-electron chi connectivity index (χ2n) is 6.68. The number of ether oxygens (including phenoxy) is 2. The highest BCUT2D eigenvalue weighted by atomic mass is 32.1. The summed E-state index contributed by atoms with van der Waals surface area (Å²) in [4.78, 5) is 28.4. The monoisotopic (exact) mass is 402 g/mol. The van der Waals surface area contributed by atoms with Crippen LogP contribution in [-0.2, 0) is 14.3 Å². The zero-order valence-electron chi connectivity index (χ0n) is 16.3. The Morgan fingerprint density at radius 3 is 2.61 bits per heavy atom. The molecule has 28 heavy (non-hydrogen) atoms. The maximum Gasteiger partial charge on any atom is 0.257 e. The maximum absolute atomic E-state index is 13.2. The summed E-state index contributed by atoms with van der Waals surface area (Å²) in [6, 6.07) is 9.95. The molecule has 3 rings (SSSR count). The van der Waals surface area contributed by atoms with Crippen LogP contribution in [0.2, 0.25) is 0 Å². The Labute approximate surface area is 169 Å². The molecule has 150 valence electrons. The lowest BCUT2D eigenvalue weighted by atomic mass is 10.1. The zero-order valence-corrected chi connectivity index (χ0v) is 17.1. The van der Waals surface area contributed by atoms with Crippen LogP contribution in [0.5, 0.6) is 0 Å². The fraction of sp³-hybridized carbons (Fsp3) is 0.429. The van der Waals surface area contributed by atoms with E-state index in [2.05, 4.69) is 5.32 Å². The van der Waals surface area contributed by atoms with Crippen LogP contribution >= 0.6 is 11.3 Å². The summed E-state index contributed by atoms with van der Waals surface area (Å²) in [5, 5.41) is 3.59. The summed E-state index contributed by atoms with van der Waals surface area (Å²) in [7, 11) is 1.62. The van der Waals surface area contributed by atoms with Crippen LogP contribution < -0.4 is 5.32 Å². The van der Waals surface area contributed by atoms with Crippen LogP contribution in [0.3, 0.4) is 0 Å². The van der Waals surface area contributed by atoms with Crippen LogP contribution in [0.4, 0.5) is 5.00 Å². The van der Waals surface area contributed by atoms with E-state index in [0.717, 1.165) is 16.0 Å². The van der Waals surface area contributed by atoms with Crippen LogP contribution in [0.25, 0.3) is 10.4 Å². The van der Waals surface area contributed by atoms with E-state index in [1.165, 1.54) is 11.3 Å². The van der Waals surface area contributed by atoms with Gasteiger partial charge in [-0.3, -0.25) is 9.59 Å². The number of rotatable bonds is 7. The fourth-order valence-corrected chi connectivity index (χ4v) is 4.44. The summed E-state index contributed by atoms with van der Waals surface area (Å²) >= 11 is 1.46. The summed E-state index contributed by atoms with van der Waals surface area (Å²) in [5.41, 5.74) is 2.53. The van der Waals surface area contributed by atoms with Crippen LogP contribution in [0, 0.1) is 6.92 Å². The van der Waals surface area contributed by atoms with Gasteiger partial charge >= 0.3 is 0 Å². The van der Waals surface area contributed by atoms with Gasteiger partial charge in [-0.2, -0.15) is 0 Å². The Balaban J connectivity index is 1.91. The van der Waals surface area contributed by atoms with E-state index in [9.17, 15) is 9.59 Å². The van der Waals surface area contributed by atoms with Crippen molar-refractivity contribution < 1.29 is 19.1 Å². The lowest BCUT2D eigenvalue weighted by Gasteiger charge is -2.27. The van der Waals surface area contributed by atoms with Gasteiger partial charge in [0.25, 0.3) is 5.91 Å². The normalized spacial score (nSPS) is 14.1. The second kappa shape index (κ2) is 9.82. The quantitative estimate of drug-likeness (QED) is 0.719. The molecule has 0 bridgehead atoms. The van der Waals surface area contributed by atoms with Crippen LogP contribution in [0.1, 0.15) is 28.8 Å². The third kappa shape index (κ3) is 4.79. The lowest BCUT2D eigenvalue weighted by Crippen LogP contribution is -2.41. The Morgan fingerprint density at radius 2 is 1.93 bits per heavy atom.